The van der Waals surface area contributed by atoms with Crippen molar-refractivity contribution in [2.75, 3.05) is 16.2 Å². The second-order valence-corrected chi connectivity index (χ2v) is 10.1. The van der Waals surface area contributed by atoms with E-state index in [1.165, 1.54) is 28.6 Å². The Kier molecular flexibility index (Phi) is 5.67. The quantitative estimate of drug-likeness (QED) is 0.461. The number of para-hydroxylation sites is 2. The van der Waals surface area contributed by atoms with Crippen LogP contribution in [0.25, 0.3) is 5.69 Å². The highest BCUT2D eigenvalue weighted by atomic mass is 32.2. The van der Waals surface area contributed by atoms with Crippen molar-refractivity contribution in [3.63, 3.8) is 0 Å². The van der Waals surface area contributed by atoms with E-state index in [0.717, 1.165) is 35.5 Å². The predicted octanol–water partition coefficient (Wildman–Crippen LogP) is 4.57. The lowest BCUT2D eigenvalue weighted by molar-refractivity contribution is 0.102. The molecule has 0 atom stereocenters. The van der Waals surface area contributed by atoms with Crippen molar-refractivity contribution in [2.24, 2.45) is 0 Å². The third-order valence-electron chi connectivity index (χ3n) is 5.85. The van der Waals surface area contributed by atoms with Gasteiger partial charge in [-0.15, -0.1) is 0 Å². The number of hydrogen-bond donors (Lipinski definition) is 1. The van der Waals surface area contributed by atoms with E-state index in [1.54, 1.807) is 10.7 Å². The average molecular weight is 473 g/mol. The van der Waals surface area contributed by atoms with Gasteiger partial charge in [0.25, 0.3) is 15.9 Å². The van der Waals surface area contributed by atoms with Crippen molar-refractivity contribution < 1.29 is 13.2 Å². The van der Waals surface area contributed by atoms with Gasteiger partial charge in [-0.05, 0) is 67.8 Å². The molecule has 1 N–H and O–H groups in total. The molecule has 2 heterocycles. The van der Waals surface area contributed by atoms with Gasteiger partial charge in [-0.2, -0.15) is 5.10 Å². The number of aryl methyl sites for hydroxylation is 2. The predicted molar refractivity (Wildman–Crippen MR) is 132 cm³/mol. The summed E-state index contributed by atoms with van der Waals surface area (Å²) < 4.78 is 29.8. The highest BCUT2D eigenvalue weighted by Crippen LogP contribution is 2.31. The number of anilines is 2. The molecule has 34 heavy (non-hydrogen) atoms. The number of aromatic nitrogens is 2. The van der Waals surface area contributed by atoms with Crippen molar-refractivity contribution in [1.29, 1.82) is 0 Å². The number of amides is 1. The molecule has 8 heteroatoms. The maximum absolute atomic E-state index is 13.3. The smallest absolute Gasteiger partial charge is 0.264 e. The molecule has 7 nitrogen and oxygen atoms in total. The lowest BCUT2D eigenvalue weighted by Crippen LogP contribution is -2.35. The fourth-order valence-electron chi connectivity index (χ4n) is 4.20. The summed E-state index contributed by atoms with van der Waals surface area (Å²) in [6, 6.07) is 24.9. The van der Waals surface area contributed by atoms with Crippen LogP contribution < -0.4 is 9.62 Å². The first-order valence-corrected chi connectivity index (χ1v) is 12.5. The molecule has 1 aliphatic heterocycles. The van der Waals surface area contributed by atoms with Crippen molar-refractivity contribution in [3.8, 4) is 5.69 Å². The molecule has 172 valence electrons. The van der Waals surface area contributed by atoms with Crippen LogP contribution in [0.15, 0.2) is 89.8 Å². The van der Waals surface area contributed by atoms with Crippen LogP contribution in [-0.2, 0) is 16.4 Å². The highest BCUT2D eigenvalue weighted by molar-refractivity contribution is 7.92. The molecule has 3 aromatic carbocycles. The van der Waals surface area contributed by atoms with Gasteiger partial charge < -0.3 is 5.32 Å². The van der Waals surface area contributed by atoms with Crippen molar-refractivity contribution >= 4 is 27.4 Å². The number of nitrogens with one attached hydrogen (secondary N) is 1. The summed E-state index contributed by atoms with van der Waals surface area (Å²) in [5.74, 6) is 0.194. The Morgan fingerprint density at radius 3 is 2.41 bits per heavy atom. The summed E-state index contributed by atoms with van der Waals surface area (Å²) in [5.41, 5.74) is 3.70. The Morgan fingerprint density at radius 2 is 1.65 bits per heavy atom. The van der Waals surface area contributed by atoms with Gasteiger partial charge >= 0.3 is 0 Å². The standard InChI is InChI=1S/C26H24N4O3S/c1-19-18-25(30(28-19)22-10-3-2-4-11-22)27-26(31)21-13-15-23(16-14-21)34(32,33)29-17-7-9-20-8-5-6-12-24(20)29/h2-6,8,10-16,18H,7,9,17H2,1H3,(H,27,31). The molecule has 0 saturated carbocycles. The molecular weight excluding hydrogens is 448 g/mol. The number of nitrogens with zero attached hydrogens (tertiary/aromatic N) is 3. The van der Waals surface area contributed by atoms with Gasteiger partial charge in [0.15, 0.2) is 0 Å². The Hall–Kier alpha value is -3.91. The minimum absolute atomic E-state index is 0.158. The van der Waals surface area contributed by atoms with Crippen LogP contribution >= 0.6 is 0 Å². The zero-order chi connectivity index (χ0) is 23.7. The summed E-state index contributed by atoms with van der Waals surface area (Å²) in [4.78, 5) is 13.1. The van der Waals surface area contributed by atoms with Crippen LogP contribution in [0.3, 0.4) is 0 Å². The van der Waals surface area contributed by atoms with Crippen molar-refractivity contribution in [3.05, 3.63) is 102 Å². The van der Waals surface area contributed by atoms with Gasteiger partial charge in [-0.1, -0.05) is 36.4 Å². The van der Waals surface area contributed by atoms with E-state index < -0.39 is 10.0 Å². The summed E-state index contributed by atoms with van der Waals surface area (Å²) in [6.07, 6.45) is 1.63. The van der Waals surface area contributed by atoms with Crippen LogP contribution in [0.5, 0.6) is 0 Å². The number of carbonyl (C=O) groups excluding carboxylic acids is 1. The number of hydrogen-bond acceptors (Lipinski definition) is 4. The van der Waals surface area contributed by atoms with E-state index in [4.69, 9.17) is 0 Å². The largest absolute Gasteiger partial charge is 0.306 e. The van der Waals surface area contributed by atoms with Crippen LogP contribution in [0.1, 0.15) is 28.0 Å². The van der Waals surface area contributed by atoms with E-state index in [2.05, 4.69) is 10.4 Å². The molecule has 0 saturated heterocycles. The summed E-state index contributed by atoms with van der Waals surface area (Å²) in [5, 5.41) is 7.34. The summed E-state index contributed by atoms with van der Waals surface area (Å²) in [6.45, 7) is 2.29. The van der Waals surface area contributed by atoms with Crippen LogP contribution in [-0.4, -0.2) is 30.7 Å². The number of fused-ring (bicyclic) bond motifs is 1. The fraction of sp³-hybridized carbons (Fsp3) is 0.154. The second-order valence-electron chi connectivity index (χ2n) is 8.21. The van der Waals surface area contributed by atoms with E-state index in [1.807, 2.05) is 61.5 Å². The number of rotatable bonds is 5. The molecule has 4 aromatic rings. The van der Waals surface area contributed by atoms with Gasteiger partial charge in [0.05, 0.1) is 22.0 Å². The zero-order valence-corrected chi connectivity index (χ0v) is 19.5. The lowest BCUT2D eigenvalue weighted by Gasteiger charge is -2.30. The fourth-order valence-corrected chi connectivity index (χ4v) is 5.74. The maximum Gasteiger partial charge on any atom is 0.264 e. The minimum atomic E-state index is -3.73. The third-order valence-corrected chi connectivity index (χ3v) is 7.67. The Labute approximate surface area is 198 Å². The first-order chi connectivity index (χ1) is 16.4. The van der Waals surface area contributed by atoms with Gasteiger partial charge in [0.2, 0.25) is 0 Å². The zero-order valence-electron chi connectivity index (χ0n) is 18.7. The van der Waals surface area contributed by atoms with Gasteiger partial charge in [0, 0.05) is 18.2 Å². The highest BCUT2D eigenvalue weighted by Gasteiger charge is 2.29. The molecule has 0 bridgehead atoms. The number of carbonyl (C=O) groups is 1. The van der Waals surface area contributed by atoms with Crippen LogP contribution in [0.2, 0.25) is 0 Å². The first-order valence-electron chi connectivity index (χ1n) is 11.1. The van der Waals surface area contributed by atoms with Crippen molar-refractivity contribution in [2.45, 2.75) is 24.7 Å². The maximum atomic E-state index is 13.3. The lowest BCUT2D eigenvalue weighted by atomic mass is 10.0. The van der Waals surface area contributed by atoms with Gasteiger partial charge in [-0.3, -0.25) is 9.10 Å². The molecule has 1 amide bonds. The molecule has 5 rings (SSSR count). The molecule has 1 aromatic heterocycles. The summed E-state index contributed by atoms with van der Waals surface area (Å²) >= 11 is 0. The third kappa shape index (κ3) is 4.08. The average Bonchev–Trinajstić information content (AvgIpc) is 3.24. The molecule has 0 fully saturated rings. The monoisotopic (exact) mass is 472 g/mol. The van der Waals surface area contributed by atoms with Gasteiger partial charge in [-0.25, -0.2) is 13.1 Å². The van der Waals surface area contributed by atoms with E-state index in [9.17, 15) is 13.2 Å². The van der Waals surface area contributed by atoms with E-state index in [0.29, 0.717) is 17.9 Å². The Morgan fingerprint density at radius 1 is 0.941 bits per heavy atom. The molecule has 0 spiro atoms. The normalized spacial score (nSPS) is 13.4. The molecule has 0 radical (unpaired) electrons. The number of sulfonamides is 1. The van der Waals surface area contributed by atoms with Gasteiger partial charge in [0.1, 0.15) is 5.82 Å². The Bertz CT molecular complexity index is 1450. The molecular formula is C26H24N4O3S. The topological polar surface area (TPSA) is 84.3 Å². The second kappa shape index (κ2) is 8.79. The molecule has 0 unspecified atom stereocenters. The number of benzene rings is 3. The SMILES string of the molecule is Cc1cc(NC(=O)c2ccc(S(=O)(=O)N3CCCc4ccccc43)cc2)n(-c2ccccc2)n1. The molecule has 1 aliphatic rings. The minimum Gasteiger partial charge on any atom is -0.306 e. The summed E-state index contributed by atoms with van der Waals surface area (Å²) in [7, 11) is -3.73. The van der Waals surface area contributed by atoms with Crippen LogP contribution in [0.4, 0.5) is 11.5 Å². The molecule has 0 aliphatic carbocycles. The van der Waals surface area contributed by atoms with E-state index >= 15 is 0 Å². The van der Waals surface area contributed by atoms with Crippen molar-refractivity contribution in [1.82, 2.24) is 9.78 Å². The van der Waals surface area contributed by atoms with E-state index in [-0.39, 0.29) is 10.8 Å². The Balaban J connectivity index is 1.38. The van der Waals surface area contributed by atoms with Crippen LogP contribution in [0, 0.1) is 6.92 Å². The first kappa shape index (κ1) is 21.9.